The van der Waals surface area contributed by atoms with Gasteiger partial charge in [-0.05, 0) is 67.2 Å². The second-order valence-electron chi connectivity index (χ2n) is 9.19. The van der Waals surface area contributed by atoms with Gasteiger partial charge in [0.25, 0.3) is 0 Å². The molecule has 0 spiro atoms. The van der Waals surface area contributed by atoms with Crippen molar-refractivity contribution in [3.8, 4) is 5.75 Å². The minimum atomic E-state index is -0.530. The molecule has 2 bridgehead atoms. The molecule has 0 radical (unpaired) electrons. The van der Waals surface area contributed by atoms with Gasteiger partial charge in [0.15, 0.2) is 0 Å². The molecule has 0 saturated carbocycles. The number of hydrogen-bond acceptors (Lipinski definition) is 7. The van der Waals surface area contributed by atoms with Gasteiger partial charge in [0.2, 0.25) is 5.76 Å². The summed E-state index contributed by atoms with van der Waals surface area (Å²) in [4.78, 5) is 26.8. The molecule has 1 amide bonds. The van der Waals surface area contributed by atoms with E-state index in [2.05, 4.69) is 15.0 Å². The maximum Gasteiger partial charge on any atom is 0.408 e. The molecule has 2 aromatic carbocycles. The third kappa shape index (κ3) is 5.54. The van der Waals surface area contributed by atoms with E-state index >= 15 is 0 Å². The Balaban J connectivity index is 1.24. The highest BCUT2D eigenvalue weighted by atomic mass is 16.6. The highest BCUT2D eigenvalue weighted by molar-refractivity contribution is 5.86. The SMILES string of the molecule is COC(=O)c1ccc(COc2ccc(C(NC(=O)OC3CN4CCC3CC4)c3ccccc3)cc2)o1. The van der Waals surface area contributed by atoms with E-state index in [0.29, 0.717) is 17.4 Å². The molecule has 8 heteroatoms. The van der Waals surface area contributed by atoms with Crippen LogP contribution in [0.1, 0.15) is 46.3 Å². The fourth-order valence-electron chi connectivity index (χ4n) is 4.92. The molecule has 3 fully saturated rings. The Labute approximate surface area is 210 Å². The highest BCUT2D eigenvalue weighted by Crippen LogP contribution is 2.30. The number of piperidine rings is 3. The topological polar surface area (TPSA) is 90.2 Å². The van der Waals surface area contributed by atoms with Crippen LogP contribution in [0.4, 0.5) is 4.79 Å². The number of carbonyl (C=O) groups excluding carboxylic acids is 2. The quantitative estimate of drug-likeness (QED) is 0.463. The smallest absolute Gasteiger partial charge is 0.408 e. The molecule has 188 valence electrons. The van der Waals surface area contributed by atoms with Gasteiger partial charge >= 0.3 is 12.1 Å². The van der Waals surface area contributed by atoms with Gasteiger partial charge in [-0.2, -0.15) is 0 Å². The van der Waals surface area contributed by atoms with Crippen molar-refractivity contribution in [1.82, 2.24) is 10.2 Å². The Morgan fingerprint density at radius 3 is 2.39 bits per heavy atom. The first-order valence-corrected chi connectivity index (χ1v) is 12.2. The van der Waals surface area contributed by atoms with Crippen molar-refractivity contribution in [2.45, 2.75) is 31.6 Å². The predicted octanol–water partition coefficient (Wildman–Crippen LogP) is 4.56. The molecular weight excluding hydrogens is 460 g/mol. The summed E-state index contributed by atoms with van der Waals surface area (Å²) in [5.41, 5.74) is 1.87. The van der Waals surface area contributed by atoms with Gasteiger partial charge < -0.3 is 23.9 Å². The van der Waals surface area contributed by atoms with Crippen molar-refractivity contribution in [2.24, 2.45) is 5.92 Å². The molecule has 3 aliphatic rings. The van der Waals surface area contributed by atoms with Crippen molar-refractivity contribution >= 4 is 12.1 Å². The number of fused-ring (bicyclic) bond motifs is 3. The summed E-state index contributed by atoms with van der Waals surface area (Å²) in [6.07, 6.45) is 1.72. The van der Waals surface area contributed by atoms with Crippen LogP contribution in [0.3, 0.4) is 0 Å². The van der Waals surface area contributed by atoms with Crippen LogP contribution >= 0.6 is 0 Å². The third-order valence-corrected chi connectivity index (χ3v) is 6.89. The van der Waals surface area contributed by atoms with Gasteiger partial charge in [0.1, 0.15) is 24.2 Å². The summed E-state index contributed by atoms with van der Waals surface area (Å²) < 4.78 is 21.8. The second kappa shape index (κ2) is 10.9. The number of methoxy groups -OCH3 is 1. The van der Waals surface area contributed by atoms with Crippen LogP contribution in [0.15, 0.2) is 71.1 Å². The maximum atomic E-state index is 12.9. The molecule has 4 heterocycles. The van der Waals surface area contributed by atoms with E-state index in [1.54, 1.807) is 12.1 Å². The lowest BCUT2D eigenvalue weighted by atomic mass is 9.86. The van der Waals surface area contributed by atoms with Gasteiger partial charge in [-0.3, -0.25) is 4.90 Å². The monoisotopic (exact) mass is 490 g/mol. The minimum absolute atomic E-state index is 0.0546. The van der Waals surface area contributed by atoms with Crippen molar-refractivity contribution < 1.29 is 28.2 Å². The van der Waals surface area contributed by atoms with Crippen molar-refractivity contribution in [3.05, 3.63) is 89.4 Å². The van der Waals surface area contributed by atoms with Crippen LogP contribution in [0.2, 0.25) is 0 Å². The van der Waals surface area contributed by atoms with Gasteiger partial charge in [-0.25, -0.2) is 9.59 Å². The van der Waals surface area contributed by atoms with Crippen molar-refractivity contribution in [1.29, 1.82) is 0 Å². The Kier molecular flexibility index (Phi) is 7.23. The number of nitrogens with one attached hydrogen (secondary N) is 1. The molecule has 3 aromatic rings. The zero-order valence-corrected chi connectivity index (χ0v) is 20.2. The minimum Gasteiger partial charge on any atom is -0.486 e. The van der Waals surface area contributed by atoms with E-state index in [-0.39, 0.29) is 24.5 Å². The lowest BCUT2D eigenvalue weighted by molar-refractivity contribution is -0.0336. The summed E-state index contributed by atoms with van der Waals surface area (Å²) in [5, 5.41) is 3.07. The van der Waals surface area contributed by atoms with Crippen LogP contribution in [0.25, 0.3) is 0 Å². The average molecular weight is 491 g/mol. The van der Waals surface area contributed by atoms with Crippen molar-refractivity contribution in [2.75, 3.05) is 26.7 Å². The van der Waals surface area contributed by atoms with Gasteiger partial charge in [-0.1, -0.05) is 42.5 Å². The van der Waals surface area contributed by atoms with Crippen molar-refractivity contribution in [3.63, 3.8) is 0 Å². The number of hydrogen-bond donors (Lipinski definition) is 1. The van der Waals surface area contributed by atoms with E-state index in [1.165, 1.54) is 7.11 Å². The van der Waals surface area contributed by atoms with E-state index in [1.807, 2.05) is 54.6 Å². The number of ether oxygens (including phenoxy) is 3. The molecule has 1 aromatic heterocycles. The number of esters is 1. The molecule has 3 aliphatic heterocycles. The zero-order chi connectivity index (χ0) is 24.9. The maximum absolute atomic E-state index is 12.9. The normalized spacial score (nSPS) is 21.4. The number of alkyl carbamates (subject to hydrolysis) is 1. The molecule has 2 atom stereocenters. The van der Waals surface area contributed by atoms with Gasteiger partial charge in [-0.15, -0.1) is 0 Å². The molecule has 36 heavy (non-hydrogen) atoms. The van der Waals surface area contributed by atoms with Crippen LogP contribution in [0, 0.1) is 5.92 Å². The molecule has 6 rings (SSSR count). The summed E-state index contributed by atoms with van der Waals surface area (Å²) in [6.45, 7) is 3.18. The van der Waals surface area contributed by atoms with Crippen LogP contribution in [0.5, 0.6) is 5.75 Å². The number of nitrogens with zero attached hydrogens (tertiary/aromatic N) is 1. The number of rotatable bonds is 8. The number of carbonyl (C=O) groups is 2. The van der Waals surface area contributed by atoms with Gasteiger partial charge in [0, 0.05) is 6.54 Å². The lowest BCUT2D eigenvalue weighted by Crippen LogP contribution is -2.52. The average Bonchev–Trinajstić information content (AvgIpc) is 3.41. The molecule has 1 N–H and O–H groups in total. The standard InChI is InChI=1S/C28H30N2O6/c1-33-27(31)24-12-11-23(35-24)18-34-22-9-7-21(8-10-22)26(20-5-3-2-4-6-20)29-28(32)36-25-17-30-15-13-19(25)14-16-30/h2-12,19,25-26H,13-18H2,1H3,(H,29,32). The first-order chi connectivity index (χ1) is 17.6. The van der Waals surface area contributed by atoms with Crippen LogP contribution in [-0.2, 0) is 16.1 Å². The number of furan rings is 1. The van der Waals surface area contributed by atoms with E-state index in [0.717, 1.165) is 43.6 Å². The highest BCUT2D eigenvalue weighted by Gasteiger charge is 2.36. The number of benzene rings is 2. The van der Waals surface area contributed by atoms with Crippen LogP contribution in [-0.4, -0.2) is 49.8 Å². The summed E-state index contributed by atoms with van der Waals surface area (Å²) in [6, 6.07) is 20.2. The largest absolute Gasteiger partial charge is 0.486 e. The number of amides is 1. The summed E-state index contributed by atoms with van der Waals surface area (Å²) in [5.74, 6) is 1.20. The molecular formula is C28H30N2O6. The Hall–Kier alpha value is -3.78. The molecule has 0 aliphatic carbocycles. The fraction of sp³-hybridized carbons (Fsp3) is 0.357. The van der Waals surface area contributed by atoms with E-state index < -0.39 is 12.1 Å². The Bertz CT molecular complexity index is 1170. The Morgan fingerprint density at radius 1 is 1.00 bits per heavy atom. The molecule has 3 saturated heterocycles. The van der Waals surface area contributed by atoms with E-state index in [9.17, 15) is 9.59 Å². The van der Waals surface area contributed by atoms with Gasteiger partial charge in [0.05, 0.1) is 13.2 Å². The predicted molar refractivity (Wildman–Crippen MR) is 132 cm³/mol. The third-order valence-electron chi connectivity index (χ3n) is 6.89. The van der Waals surface area contributed by atoms with E-state index in [4.69, 9.17) is 13.9 Å². The first-order valence-electron chi connectivity index (χ1n) is 12.2. The molecule has 8 nitrogen and oxygen atoms in total. The van der Waals surface area contributed by atoms with Crippen LogP contribution < -0.4 is 10.1 Å². The fourth-order valence-corrected chi connectivity index (χ4v) is 4.92. The first kappa shape index (κ1) is 23.9. The second-order valence-corrected chi connectivity index (χ2v) is 9.19. The zero-order valence-electron chi connectivity index (χ0n) is 20.2. The lowest BCUT2D eigenvalue weighted by Gasteiger charge is -2.43. The molecule has 2 unspecified atom stereocenters. The summed E-state index contributed by atoms with van der Waals surface area (Å²) in [7, 11) is 1.30. The summed E-state index contributed by atoms with van der Waals surface area (Å²) >= 11 is 0. The Morgan fingerprint density at radius 2 is 1.72 bits per heavy atom.